The largest absolute Gasteiger partial charge is 0.361 e. The van der Waals surface area contributed by atoms with E-state index in [2.05, 4.69) is 70.7 Å². The molecule has 0 spiro atoms. The van der Waals surface area contributed by atoms with Gasteiger partial charge in [-0.1, -0.05) is 42.5 Å². The number of fused-ring (bicyclic) bond motifs is 1. The number of H-pyrrole nitrogens is 1. The maximum absolute atomic E-state index is 8.95. The Bertz CT molecular complexity index is 959. The van der Waals surface area contributed by atoms with Crippen LogP contribution >= 0.6 is 0 Å². The summed E-state index contributed by atoms with van der Waals surface area (Å²) in [6, 6.07) is 18.8. The van der Waals surface area contributed by atoms with Gasteiger partial charge in [0.05, 0.1) is 11.6 Å². The Hall–Kier alpha value is -2.83. The van der Waals surface area contributed by atoms with Gasteiger partial charge in [0.15, 0.2) is 0 Å². The molecule has 1 aliphatic heterocycles. The lowest BCUT2D eigenvalue weighted by molar-refractivity contribution is 0.278. The van der Waals surface area contributed by atoms with Gasteiger partial charge < -0.3 is 4.98 Å². The van der Waals surface area contributed by atoms with Crippen LogP contribution in [0.2, 0.25) is 0 Å². The minimum Gasteiger partial charge on any atom is -0.361 e. The lowest BCUT2D eigenvalue weighted by atomic mass is 9.94. The number of hydrogen-bond donors (Lipinski definition) is 1. The summed E-state index contributed by atoms with van der Waals surface area (Å²) >= 11 is 0. The van der Waals surface area contributed by atoms with E-state index >= 15 is 0 Å². The second-order valence-electron chi connectivity index (χ2n) is 7.34. The standard InChI is InChI=1S/C24H25N3/c25-16-19-10-12-20(13-11-19)22-7-5-15-27(18-22)14-4-3-6-21-17-26-24-9-2-1-8-23(21)24/h1-2,5,7-13,17,22,26H,3-4,6,14-15,18H2. The Kier molecular flexibility index (Phi) is 5.37. The highest BCUT2D eigenvalue weighted by Gasteiger charge is 2.16. The Balaban J connectivity index is 1.27. The Morgan fingerprint density at radius 1 is 1.07 bits per heavy atom. The second-order valence-corrected chi connectivity index (χ2v) is 7.34. The maximum atomic E-state index is 8.95. The van der Waals surface area contributed by atoms with Crippen LogP contribution in [0.25, 0.3) is 10.9 Å². The number of unbranched alkanes of at least 4 members (excludes halogenated alkanes) is 1. The minimum absolute atomic E-state index is 0.431. The van der Waals surface area contributed by atoms with Crippen LogP contribution in [0.3, 0.4) is 0 Å². The molecule has 0 amide bonds. The summed E-state index contributed by atoms with van der Waals surface area (Å²) < 4.78 is 0. The van der Waals surface area contributed by atoms with Crippen LogP contribution in [0.4, 0.5) is 0 Å². The summed E-state index contributed by atoms with van der Waals surface area (Å²) in [4.78, 5) is 5.91. The molecular formula is C24H25N3. The monoisotopic (exact) mass is 355 g/mol. The Morgan fingerprint density at radius 2 is 1.93 bits per heavy atom. The highest BCUT2D eigenvalue weighted by atomic mass is 15.1. The van der Waals surface area contributed by atoms with Gasteiger partial charge in [-0.2, -0.15) is 5.26 Å². The van der Waals surface area contributed by atoms with E-state index in [1.807, 2.05) is 12.1 Å². The fraction of sp³-hybridized carbons (Fsp3) is 0.292. The number of para-hydroxylation sites is 1. The molecule has 0 radical (unpaired) electrons. The predicted octanol–water partition coefficient (Wildman–Crippen LogP) is 5.02. The van der Waals surface area contributed by atoms with Crippen molar-refractivity contribution in [2.45, 2.75) is 25.2 Å². The quantitative estimate of drug-likeness (QED) is 0.498. The van der Waals surface area contributed by atoms with Crippen LogP contribution in [-0.4, -0.2) is 29.5 Å². The summed E-state index contributed by atoms with van der Waals surface area (Å²) in [6.07, 6.45) is 10.3. The van der Waals surface area contributed by atoms with Gasteiger partial charge in [0, 0.05) is 36.1 Å². The number of aryl methyl sites for hydroxylation is 1. The van der Waals surface area contributed by atoms with Gasteiger partial charge in [0.1, 0.15) is 0 Å². The Morgan fingerprint density at radius 3 is 2.78 bits per heavy atom. The molecule has 136 valence electrons. The van der Waals surface area contributed by atoms with Crippen molar-refractivity contribution in [2.75, 3.05) is 19.6 Å². The SMILES string of the molecule is N#Cc1ccc(C2C=CCN(CCCCc3c[nH]c4ccccc34)C2)cc1. The molecular weight excluding hydrogens is 330 g/mol. The van der Waals surface area contributed by atoms with Crippen LogP contribution in [0.15, 0.2) is 66.9 Å². The van der Waals surface area contributed by atoms with Gasteiger partial charge in [-0.3, -0.25) is 4.90 Å². The predicted molar refractivity (Wildman–Crippen MR) is 111 cm³/mol. The highest BCUT2D eigenvalue weighted by Crippen LogP contribution is 2.23. The van der Waals surface area contributed by atoms with Crippen LogP contribution < -0.4 is 0 Å². The summed E-state index contributed by atoms with van der Waals surface area (Å²) in [5.74, 6) is 0.431. The molecule has 0 saturated heterocycles. The van der Waals surface area contributed by atoms with Crippen molar-refractivity contribution in [3.8, 4) is 6.07 Å². The molecule has 1 aliphatic rings. The van der Waals surface area contributed by atoms with Crippen molar-refractivity contribution < 1.29 is 0 Å². The first-order valence-electron chi connectivity index (χ1n) is 9.77. The molecule has 3 heteroatoms. The van der Waals surface area contributed by atoms with Crippen LogP contribution in [0.1, 0.15) is 35.4 Å². The molecule has 2 aromatic carbocycles. The topological polar surface area (TPSA) is 42.8 Å². The molecule has 1 N–H and O–H groups in total. The first-order valence-corrected chi connectivity index (χ1v) is 9.77. The van der Waals surface area contributed by atoms with E-state index in [9.17, 15) is 0 Å². The van der Waals surface area contributed by atoms with E-state index in [1.165, 1.54) is 34.9 Å². The van der Waals surface area contributed by atoms with E-state index in [0.717, 1.165) is 31.6 Å². The molecule has 0 fully saturated rings. The molecule has 0 bridgehead atoms. The molecule has 0 saturated carbocycles. The Labute approximate surface area is 160 Å². The van der Waals surface area contributed by atoms with Crippen LogP contribution in [0.5, 0.6) is 0 Å². The zero-order chi connectivity index (χ0) is 18.5. The van der Waals surface area contributed by atoms with E-state index < -0.39 is 0 Å². The molecule has 4 rings (SSSR count). The summed E-state index contributed by atoms with van der Waals surface area (Å²) in [5.41, 5.74) is 4.69. The highest BCUT2D eigenvalue weighted by molar-refractivity contribution is 5.82. The van der Waals surface area contributed by atoms with Crippen molar-refractivity contribution in [1.82, 2.24) is 9.88 Å². The third-order valence-corrected chi connectivity index (χ3v) is 5.50. The van der Waals surface area contributed by atoms with Crippen molar-refractivity contribution in [1.29, 1.82) is 5.26 Å². The number of nitrogens with one attached hydrogen (secondary N) is 1. The fourth-order valence-electron chi connectivity index (χ4n) is 3.98. The second kappa shape index (κ2) is 8.24. The first kappa shape index (κ1) is 17.6. The van der Waals surface area contributed by atoms with Crippen LogP contribution in [0, 0.1) is 11.3 Å². The molecule has 1 aromatic heterocycles. The number of hydrogen-bond acceptors (Lipinski definition) is 2. The number of benzene rings is 2. The minimum atomic E-state index is 0.431. The molecule has 1 atom stereocenters. The lowest BCUT2D eigenvalue weighted by Gasteiger charge is -2.29. The third kappa shape index (κ3) is 4.13. The zero-order valence-corrected chi connectivity index (χ0v) is 15.6. The number of nitriles is 1. The van der Waals surface area contributed by atoms with Gasteiger partial charge in [-0.15, -0.1) is 0 Å². The van der Waals surface area contributed by atoms with Gasteiger partial charge >= 0.3 is 0 Å². The third-order valence-electron chi connectivity index (χ3n) is 5.50. The van der Waals surface area contributed by atoms with Crippen molar-refractivity contribution in [2.24, 2.45) is 0 Å². The van der Waals surface area contributed by atoms with Gasteiger partial charge in [-0.05, 0) is 55.1 Å². The van der Waals surface area contributed by atoms with E-state index in [-0.39, 0.29) is 0 Å². The van der Waals surface area contributed by atoms with E-state index in [0.29, 0.717) is 5.92 Å². The molecule has 3 aromatic rings. The van der Waals surface area contributed by atoms with E-state index in [1.54, 1.807) is 0 Å². The summed E-state index contributed by atoms with van der Waals surface area (Å²) in [7, 11) is 0. The van der Waals surface area contributed by atoms with Crippen molar-refractivity contribution in [3.63, 3.8) is 0 Å². The number of rotatable bonds is 6. The smallest absolute Gasteiger partial charge is 0.0991 e. The number of aromatic amines is 1. The zero-order valence-electron chi connectivity index (χ0n) is 15.6. The average Bonchev–Trinajstić information content (AvgIpc) is 3.15. The number of aromatic nitrogens is 1. The maximum Gasteiger partial charge on any atom is 0.0991 e. The normalized spacial score (nSPS) is 17.2. The van der Waals surface area contributed by atoms with Gasteiger partial charge in [0.25, 0.3) is 0 Å². The van der Waals surface area contributed by atoms with Gasteiger partial charge in [0.2, 0.25) is 0 Å². The molecule has 3 nitrogen and oxygen atoms in total. The average molecular weight is 355 g/mol. The van der Waals surface area contributed by atoms with Crippen molar-refractivity contribution >= 4 is 10.9 Å². The lowest BCUT2D eigenvalue weighted by Crippen LogP contribution is -2.32. The molecule has 0 aliphatic carbocycles. The summed E-state index contributed by atoms with van der Waals surface area (Å²) in [6.45, 7) is 3.24. The molecule has 27 heavy (non-hydrogen) atoms. The van der Waals surface area contributed by atoms with Crippen LogP contribution in [-0.2, 0) is 6.42 Å². The van der Waals surface area contributed by atoms with E-state index in [4.69, 9.17) is 5.26 Å². The fourth-order valence-corrected chi connectivity index (χ4v) is 3.98. The van der Waals surface area contributed by atoms with Crippen molar-refractivity contribution in [3.05, 3.63) is 83.6 Å². The van der Waals surface area contributed by atoms with Gasteiger partial charge in [-0.25, -0.2) is 0 Å². The molecule has 2 heterocycles. The number of nitrogens with zero attached hydrogens (tertiary/aromatic N) is 2. The summed E-state index contributed by atoms with van der Waals surface area (Å²) in [5, 5.41) is 10.3. The molecule has 1 unspecified atom stereocenters. The first-order chi connectivity index (χ1) is 13.3.